The Morgan fingerprint density at radius 1 is 1.19 bits per heavy atom. The highest BCUT2D eigenvalue weighted by atomic mass is 79.9. The van der Waals surface area contributed by atoms with Gasteiger partial charge in [0.25, 0.3) is 0 Å². The first kappa shape index (κ1) is 17.7. The van der Waals surface area contributed by atoms with Crippen LogP contribution in [-0.2, 0) is 9.47 Å². The molecule has 0 amide bonds. The second-order valence-corrected chi connectivity index (χ2v) is 4.96. The molecule has 0 unspecified atom stereocenters. The number of ether oxygens (including phenoxy) is 4. The molecule has 0 saturated heterocycles. The molecule has 1 aromatic rings. The van der Waals surface area contributed by atoms with Crippen molar-refractivity contribution < 1.29 is 28.8 Å². The number of rotatable bonds is 10. The van der Waals surface area contributed by atoms with Crippen molar-refractivity contribution in [1.82, 2.24) is 0 Å². The Bertz CT molecular complexity index is 463. The van der Waals surface area contributed by atoms with E-state index in [1.165, 1.54) is 19.2 Å². The molecule has 0 fully saturated rings. The van der Waals surface area contributed by atoms with Gasteiger partial charge in [0.2, 0.25) is 0 Å². The number of hydrogen-bond donors (Lipinski definition) is 1. The van der Waals surface area contributed by atoms with Crippen LogP contribution in [0.2, 0.25) is 0 Å². The van der Waals surface area contributed by atoms with Crippen molar-refractivity contribution in [3.8, 4) is 11.5 Å². The highest BCUT2D eigenvalue weighted by Crippen LogP contribution is 2.36. The molecule has 0 radical (unpaired) electrons. The van der Waals surface area contributed by atoms with E-state index in [9.17, 15) is 4.79 Å². The maximum absolute atomic E-state index is 11.0. The molecule has 0 atom stereocenters. The fraction of sp³-hybridized carbons (Fsp3) is 0.500. The molecule has 7 heteroatoms. The SMILES string of the molecule is COCCCOCCOc1c(Br)cc(C(=O)O)cc1OC. The van der Waals surface area contributed by atoms with Crippen molar-refractivity contribution in [2.45, 2.75) is 6.42 Å². The number of carboxylic acid groups (broad SMARTS) is 1. The van der Waals surface area contributed by atoms with Gasteiger partial charge in [-0.05, 0) is 34.5 Å². The Hall–Kier alpha value is -1.31. The molecule has 0 heterocycles. The lowest BCUT2D eigenvalue weighted by atomic mass is 10.2. The van der Waals surface area contributed by atoms with Crippen LogP contribution in [0.15, 0.2) is 16.6 Å². The number of hydrogen-bond acceptors (Lipinski definition) is 5. The molecule has 1 aromatic carbocycles. The zero-order chi connectivity index (χ0) is 15.7. The third-order valence-corrected chi connectivity index (χ3v) is 3.18. The molecule has 118 valence electrons. The Morgan fingerprint density at radius 3 is 2.57 bits per heavy atom. The van der Waals surface area contributed by atoms with Crippen molar-refractivity contribution in [3.05, 3.63) is 22.2 Å². The molecule has 0 spiro atoms. The summed E-state index contributed by atoms with van der Waals surface area (Å²) < 4.78 is 21.5. The smallest absolute Gasteiger partial charge is 0.335 e. The maximum Gasteiger partial charge on any atom is 0.335 e. The van der Waals surface area contributed by atoms with Gasteiger partial charge in [-0.25, -0.2) is 4.79 Å². The van der Waals surface area contributed by atoms with Crippen LogP contribution in [0.3, 0.4) is 0 Å². The lowest BCUT2D eigenvalue weighted by Crippen LogP contribution is -2.10. The zero-order valence-electron chi connectivity index (χ0n) is 12.1. The van der Waals surface area contributed by atoms with Gasteiger partial charge in [0, 0.05) is 20.3 Å². The lowest BCUT2D eigenvalue weighted by Gasteiger charge is -2.13. The number of aromatic carboxylic acids is 1. The summed E-state index contributed by atoms with van der Waals surface area (Å²) in [6, 6.07) is 2.89. The van der Waals surface area contributed by atoms with E-state index in [1.54, 1.807) is 7.11 Å². The van der Waals surface area contributed by atoms with Gasteiger partial charge in [0.15, 0.2) is 11.5 Å². The van der Waals surface area contributed by atoms with E-state index >= 15 is 0 Å². The third-order valence-electron chi connectivity index (χ3n) is 2.59. The summed E-state index contributed by atoms with van der Waals surface area (Å²) in [6.07, 6.45) is 0.830. The normalized spacial score (nSPS) is 10.4. The highest BCUT2D eigenvalue weighted by Gasteiger charge is 2.14. The Kier molecular flexibility index (Phi) is 8.11. The minimum absolute atomic E-state index is 0.127. The summed E-state index contributed by atoms with van der Waals surface area (Å²) in [6.45, 7) is 2.04. The first-order chi connectivity index (χ1) is 10.1. The van der Waals surface area contributed by atoms with Crippen LogP contribution in [0.1, 0.15) is 16.8 Å². The van der Waals surface area contributed by atoms with Crippen LogP contribution in [0.4, 0.5) is 0 Å². The van der Waals surface area contributed by atoms with Crippen molar-refractivity contribution >= 4 is 21.9 Å². The van der Waals surface area contributed by atoms with Gasteiger partial charge in [0.1, 0.15) is 6.61 Å². The molecule has 1 N–H and O–H groups in total. The van der Waals surface area contributed by atoms with E-state index in [4.69, 9.17) is 24.1 Å². The van der Waals surface area contributed by atoms with Crippen molar-refractivity contribution in [2.24, 2.45) is 0 Å². The second kappa shape index (κ2) is 9.59. The standard InChI is InChI=1S/C14H19BrO6/c1-18-4-3-5-20-6-7-21-13-11(15)8-10(14(16)17)9-12(13)19-2/h8-9H,3-7H2,1-2H3,(H,16,17). The molecule has 1 rings (SSSR count). The quantitative estimate of drug-likeness (QED) is 0.644. The molecular weight excluding hydrogens is 344 g/mol. The number of carbonyl (C=O) groups is 1. The molecule has 0 aliphatic heterocycles. The van der Waals surface area contributed by atoms with E-state index in [0.717, 1.165) is 6.42 Å². The van der Waals surface area contributed by atoms with Crippen LogP contribution < -0.4 is 9.47 Å². The zero-order valence-corrected chi connectivity index (χ0v) is 13.6. The van der Waals surface area contributed by atoms with E-state index in [0.29, 0.717) is 42.4 Å². The summed E-state index contributed by atoms with van der Waals surface area (Å²) in [7, 11) is 3.11. The first-order valence-electron chi connectivity index (χ1n) is 6.40. The number of methoxy groups -OCH3 is 2. The van der Waals surface area contributed by atoms with E-state index < -0.39 is 5.97 Å². The van der Waals surface area contributed by atoms with E-state index in [1.807, 2.05) is 0 Å². The monoisotopic (exact) mass is 362 g/mol. The predicted molar refractivity (Wildman–Crippen MR) is 80.5 cm³/mol. The summed E-state index contributed by atoms with van der Waals surface area (Å²) in [5.41, 5.74) is 0.127. The fourth-order valence-electron chi connectivity index (χ4n) is 1.59. The first-order valence-corrected chi connectivity index (χ1v) is 7.19. The average molecular weight is 363 g/mol. The van der Waals surface area contributed by atoms with E-state index in [-0.39, 0.29) is 5.56 Å². The Morgan fingerprint density at radius 2 is 1.95 bits per heavy atom. The van der Waals surface area contributed by atoms with Gasteiger partial charge in [-0.2, -0.15) is 0 Å². The molecule has 0 bridgehead atoms. The van der Waals surface area contributed by atoms with Crippen LogP contribution in [0, 0.1) is 0 Å². The van der Waals surface area contributed by atoms with Gasteiger partial charge in [-0.1, -0.05) is 0 Å². The topological polar surface area (TPSA) is 74.2 Å². The van der Waals surface area contributed by atoms with Crippen LogP contribution in [0.5, 0.6) is 11.5 Å². The third kappa shape index (κ3) is 5.91. The largest absolute Gasteiger partial charge is 0.493 e. The Balaban J connectivity index is 2.52. The van der Waals surface area contributed by atoms with Crippen molar-refractivity contribution in [2.75, 3.05) is 40.6 Å². The predicted octanol–water partition coefficient (Wildman–Crippen LogP) is 2.59. The lowest BCUT2D eigenvalue weighted by molar-refractivity contribution is 0.0695. The van der Waals surface area contributed by atoms with Gasteiger partial charge in [0.05, 0.1) is 23.8 Å². The molecule has 0 aromatic heterocycles. The summed E-state index contributed by atoms with van der Waals surface area (Å²) in [5, 5.41) is 8.99. The molecule has 0 aliphatic rings. The molecule has 6 nitrogen and oxygen atoms in total. The Labute approximate surface area is 132 Å². The van der Waals surface area contributed by atoms with E-state index in [2.05, 4.69) is 15.9 Å². The average Bonchev–Trinajstić information content (AvgIpc) is 2.46. The number of halogens is 1. The number of carboxylic acids is 1. The van der Waals surface area contributed by atoms with Gasteiger partial charge >= 0.3 is 5.97 Å². The summed E-state index contributed by atoms with van der Waals surface area (Å²) >= 11 is 3.28. The molecule has 0 aliphatic carbocycles. The van der Waals surface area contributed by atoms with Gasteiger partial charge < -0.3 is 24.1 Å². The number of benzene rings is 1. The minimum Gasteiger partial charge on any atom is -0.493 e. The fourth-order valence-corrected chi connectivity index (χ4v) is 2.15. The van der Waals surface area contributed by atoms with Crippen LogP contribution in [0.25, 0.3) is 0 Å². The van der Waals surface area contributed by atoms with Crippen molar-refractivity contribution in [1.29, 1.82) is 0 Å². The summed E-state index contributed by atoms with van der Waals surface area (Å²) in [4.78, 5) is 11.0. The van der Waals surface area contributed by atoms with Crippen LogP contribution >= 0.6 is 15.9 Å². The second-order valence-electron chi connectivity index (χ2n) is 4.10. The molecule has 21 heavy (non-hydrogen) atoms. The van der Waals surface area contributed by atoms with Gasteiger partial charge in [-0.15, -0.1) is 0 Å². The summed E-state index contributed by atoms with van der Waals surface area (Å²) in [5.74, 6) is -0.203. The highest BCUT2D eigenvalue weighted by molar-refractivity contribution is 9.10. The van der Waals surface area contributed by atoms with Crippen LogP contribution in [-0.4, -0.2) is 51.7 Å². The molecular formula is C14H19BrO6. The maximum atomic E-state index is 11.0. The minimum atomic E-state index is -1.03. The van der Waals surface area contributed by atoms with Crippen molar-refractivity contribution in [3.63, 3.8) is 0 Å². The van der Waals surface area contributed by atoms with Gasteiger partial charge in [-0.3, -0.25) is 0 Å². The molecule has 0 saturated carbocycles.